The number of carbonyl (C=O) groups is 1. The molecule has 1 aromatic heterocycles. The van der Waals surface area contributed by atoms with Crippen LogP contribution in [-0.4, -0.2) is 30.0 Å². The smallest absolute Gasteiger partial charge is 0.371 e. The number of pyridine rings is 1. The van der Waals surface area contributed by atoms with Gasteiger partial charge in [-0.05, 0) is 104 Å². The number of nitrogens with zero attached hydrogens (tertiary/aromatic N) is 2. The molecule has 0 spiro atoms. The molecule has 8 heteroatoms. The van der Waals surface area contributed by atoms with E-state index in [1.807, 2.05) is 24.3 Å². The molecule has 3 N–H and O–H groups in total. The molecule has 5 rings (SSSR count). The fourth-order valence-corrected chi connectivity index (χ4v) is 6.19. The molecule has 2 aromatic carbocycles. The summed E-state index contributed by atoms with van der Waals surface area (Å²) in [6.07, 6.45) is 5.40. The van der Waals surface area contributed by atoms with Crippen LogP contribution in [0.5, 0.6) is 0 Å². The summed E-state index contributed by atoms with van der Waals surface area (Å²) >= 11 is 0. The van der Waals surface area contributed by atoms with Gasteiger partial charge in [-0.3, -0.25) is 4.79 Å². The average Bonchev–Trinajstić information content (AvgIpc) is 2.94. The highest BCUT2D eigenvalue weighted by atomic mass is 19.4. The second kappa shape index (κ2) is 11.7. The molecular formula is C31H35F3N4O. The Kier molecular flexibility index (Phi) is 8.10. The lowest BCUT2D eigenvalue weighted by Crippen LogP contribution is -2.39. The lowest BCUT2D eigenvalue weighted by molar-refractivity contribution is -0.137. The minimum atomic E-state index is -4.31. The van der Waals surface area contributed by atoms with Crippen molar-refractivity contribution in [2.24, 2.45) is 17.6 Å². The lowest BCUT2D eigenvalue weighted by Gasteiger charge is -2.39. The van der Waals surface area contributed by atoms with Crippen molar-refractivity contribution in [3.8, 4) is 11.1 Å². The topological polar surface area (TPSA) is 71.2 Å². The maximum atomic E-state index is 13.0. The van der Waals surface area contributed by atoms with Crippen molar-refractivity contribution < 1.29 is 18.0 Å². The van der Waals surface area contributed by atoms with Gasteiger partial charge in [0.25, 0.3) is 0 Å². The number of hydrogen-bond donors (Lipinski definition) is 2. The van der Waals surface area contributed by atoms with Crippen LogP contribution >= 0.6 is 0 Å². The van der Waals surface area contributed by atoms with Gasteiger partial charge in [0.15, 0.2) is 0 Å². The first-order valence-corrected chi connectivity index (χ1v) is 13.8. The summed E-state index contributed by atoms with van der Waals surface area (Å²) in [5, 5.41) is 3.71. The van der Waals surface area contributed by atoms with Gasteiger partial charge in [0, 0.05) is 36.6 Å². The normalized spacial score (nSPS) is 21.9. The minimum Gasteiger partial charge on any atom is -0.371 e. The molecule has 0 unspecified atom stereocenters. The zero-order valence-corrected chi connectivity index (χ0v) is 22.0. The molecule has 1 aliphatic heterocycles. The van der Waals surface area contributed by atoms with Crippen molar-refractivity contribution in [1.82, 2.24) is 4.98 Å². The van der Waals surface area contributed by atoms with Crippen molar-refractivity contribution >= 4 is 17.4 Å². The van der Waals surface area contributed by atoms with E-state index in [2.05, 4.69) is 15.2 Å². The van der Waals surface area contributed by atoms with Gasteiger partial charge in [-0.25, -0.2) is 4.98 Å². The maximum Gasteiger partial charge on any atom is 0.416 e. The summed E-state index contributed by atoms with van der Waals surface area (Å²) in [5.74, 6) is 1.39. The van der Waals surface area contributed by atoms with Gasteiger partial charge in [-0.1, -0.05) is 25.0 Å². The van der Waals surface area contributed by atoms with Gasteiger partial charge in [0.05, 0.1) is 5.56 Å². The predicted molar refractivity (Wildman–Crippen MR) is 149 cm³/mol. The van der Waals surface area contributed by atoms with Gasteiger partial charge in [-0.15, -0.1) is 0 Å². The Morgan fingerprint density at radius 1 is 0.974 bits per heavy atom. The molecule has 39 heavy (non-hydrogen) atoms. The van der Waals surface area contributed by atoms with Crippen LogP contribution in [0.3, 0.4) is 0 Å². The Hall–Kier alpha value is -3.55. The van der Waals surface area contributed by atoms with E-state index in [0.717, 1.165) is 67.8 Å². The monoisotopic (exact) mass is 536 g/mol. The number of aromatic nitrogens is 1. The number of benzene rings is 2. The number of nitrogens with one attached hydrogen (secondary N) is 1. The van der Waals surface area contributed by atoms with E-state index in [-0.39, 0.29) is 0 Å². The molecule has 2 fully saturated rings. The first-order chi connectivity index (χ1) is 18.8. The molecule has 0 radical (unpaired) electrons. The van der Waals surface area contributed by atoms with Gasteiger partial charge in [0.2, 0.25) is 5.91 Å². The molecule has 0 bridgehead atoms. The molecule has 2 aliphatic rings. The summed E-state index contributed by atoms with van der Waals surface area (Å²) in [6, 6.07) is 17.2. The third kappa shape index (κ3) is 6.72. The minimum absolute atomic E-state index is 0.319. The third-order valence-electron chi connectivity index (χ3n) is 8.20. The van der Waals surface area contributed by atoms with Crippen LogP contribution in [0.25, 0.3) is 11.1 Å². The second-order valence-corrected chi connectivity index (χ2v) is 10.9. The SMILES string of the molecule is NC(=O)c1cccc(-c2ccnc(N[C@@H]3CCCC[C@H]3C[C@H]3CCCN(c4ccc(C(F)(F)F)cc4)C3)c2)c1. The highest BCUT2D eigenvalue weighted by Crippen LogP contribution is 2.36. The van der Waals surface area contributed by atoms with Crippen LogP contribution in [0, 0.1) is 11.8 Å². The molecule has 2 heterocycles. The summed E-state index contributed by atoms with van der Waals surface area (Å²) < 4.78 is 39.0. The highest BCUT2D eigenvalue weighted by molar-refractivity contribution is 5.94. The highest BCUT2D eigenvalue weighted by Gasteiger charge is 2.32. The number of halogens is 3. The Morgan fingerprint density at radius 2 is 1.74 bits per heavy atom. The zero-order chi connectivity index (χ0) is 27.4. The quantitative estimate of drug-likeness (QED) is 0.337. The largest absolute Gasteiger partial charge is 0.416 e. The van der Waals surface area contributed by atoms with Crippen molar-refractivity contribution in [2.75, 3.05) is 23.3 Å². The fourth-order valence-electron chi connectivity index (χ4n) is 6.19. The number of hydrogen-bond acceptors (Lipinski definition) is 4. The molecule has 5 nitrogen and oxygen atoms in total. The molecule has 206 valence electrons. The number of piperidine rings is 1. The van der Waals surface area contributed by atoms with Crippen LogP contribution in [0.1, 0.15) is 60.9 Å². The number of alkyl halides is 3. The fraction of sp³-hybridized carbons (Fsp3) is 0.419. The van der Waals surface area contributed by atoms with Crippen molar-refractivity contribution in [3.05, 3.63) is 78.0 Å². The number of nitrogens with two attached hydrogens (primary N) is 1. The van der Waals surface area contributed by atoms with E-state index >= 15 is 0 Å². The third-order valence-corrected chi connectivity index (χ3v) is 8.20. The molecule has 3 aromatic rings. The maximum absolute atomic E-state index is 13.0. The molecular weight excluding hydrogens is 501 g/mol. The van der Waals surface area contributed by atoms with Crippen LogP contribution in [0.15, 0.2) is 66.9 Å². The Morgan fingerprint density at radius 3 is 2.51 bits per heavy atom. The van der Waals surface area contributed by atoms with Gasteiger partial charge in [0.1, 0.15) is 5.82 Å². The van der Waals surface area contributed by atoms with Crippen LogP contribution in [-0.2, 0) is 6.18 Å². The Labute approximate surface area is 227 Å². The average molecular weight is 537 g/mol. The van der Waals surface area contributed by atoms with E-state index in [1.165, 1.54) is 25.0 Å². The Bertz CT molecular complexity index is 1280. The first kappa shape index (κ1) is 27.0. The van der Waals surface area contributed by atoms with E-state index in [1.54, 1.807) is 30.5 Å². The predicted octanol–water partition coefficient (Wildman–Crippen LogP) is 7.14. The molecule has 1 aliphatic carbocycles. The van der Waals surface area contributed by atoms with E-state index in [9.17, 15) is 18.0 Å². The zero-order valence-electron chi connectivity index (χ0n) is 22.0. The van der Waals surface area contributed by atoms with Crippen LogP contribution < -0.4 is 16.0 Å². The molecule has 3 atom stereocenters. The number of primary amides is 1. The van der Waals surface area contributed by atoms with E-state index in [0.29, 0.717) is 23.4 Å². The first-order valence-electron chi connectivity index (χ1n) is 13.8. The van der Waals surface area contributed by atoms with Crippen molar-refractivity contribution in [1.29, 1.82) is 0 Å². The number of amides is 1. The van der Waals surface area contributed by atoms with Crippen LogP contribution in [0.4, 0.5) is 24.7 Å². The molecule has 1 saturated heterocycles. The number of carbonyl (C=O) groups excluding carboxylic acids is 1. The van der Waals surface area contributed by atoms with Crippen LogP contribution in [0.2, 0.25) is 0 Å². The molecule has 1 saturated carbocycles. The number of rotatable bonds is 7. The van der Waals surface area contributed by atoms with Gasteiger partial charge < -0.3 is 16.0 Å². The van der Waals surface area contributed by atoms with Gasteiger partial charge >= 0.3 is 6.18 Å². The van der Waals surface area contributed by atoms with Gasteiger partial charge in [-0.2, -0.15) is 13.2 Å². The standard InChI is InChI=1S/C31H35F3N4O/c32-31(33,34)26-10-12-27(13-11-26)38-16-4-5-21(20-38)17-24-6-1-2-9-28(24)37-29-19-23(14-15-36-29)22-7-3-8-25(18-22)30(35)39/h3,7-8,10-15,18-19,21,24,28H,1-2,4-6,9,16-17,20H2,(H2,35,39)(H,36,37)/t21-,24+,28-/m1/s1. The van der Waals surface area contributed by atoms with E-state index in [4.69, 9.17) is 5.73 Å². The van der Waals surface area contributed by atoms with E-state index < -0.39 is 17.6 Å². The number of anilines is 2. The summed E-state index contributed by atoms with van der Waals surface area (Å²) in [4.78, 5) is 18.4. The molecule has 1 amide bonds. The summed E-state index contributed by atoms with van der Waals surface area (Å²) in [7, 11) is 0. The Balaban J connectivity index is 1.24. The lowest BCUT2D eigenvalue weighted by atomic mass is 9.77. The summed E-state index contributed by atoms with van der Waals surface area (Å²) in [5.41, 5.74) is 8.10. The second-order valence-electron chi connectivity index (χ2n) is 10.9. The van der Waals surface area contributed by atoms with Crippen molar-refractivity contribution in [3.63, 3.8) is 0 Å². The van der Waals surface area contributed by atoms with Crippen molar-refractivity contribution in [2.45, 2.75) is 57.2 Å². The summed E-state index contributed by atoms with van der Waals surface area (Å²) in [6.45, 7) is 1.75.